The Balaban J connectivity index is 1.71. The third-order valence-electron chi connectivity index (χ3n) is 4.60. The van der Waals surface area contributed by atoms with Crippen molar-refractivity contribution >= 4 is 27.8 Å². The van der Waals surface area contributed by atoms with Gasteiger partial charge in [0.1, 0.15) is 0 Å². The molecule has 3 rings (SSSR count). The summed E-state index contributed by atoms with van der Waals surface area (Å²) < 4.78 is 26.0. The van der Waals surface area contributed by atoms with E-state index in [2.05, 4.69) is 0 Å². The summed E-state index contributed by atoms with van der Waals surface area (Å²) in [6, 6.07) is 16.6. The maximum atomic E-state index is 12.2. The maximum Gasteiger partial charge on any atom is 0.335 e. The Labute approximate surface area is 158 Å². The van der Waals surface area contributed by atoms with Gasteiger partial charge in [0.2, 0.25) is 10.0 Å². The Morgan fingerprint density at radius 3 is 2.38 bits per heavy atom. The minimum atomic E-state index is -3.27. The Kier molecular flexibility index (Phi) is 5.70. The summed E-state index contributed by atoms with van der Waals surface area (Å²) in [7, 11) is -3.27. The molecule has 0 amide bonds. The van der Waals surface area contributed by atoms with Gasteiger partial charge in [-0.2, -0.15) is 4.31 Å². The highest BCUT2D eigenvalue weighted by Crippen LogP contribution is 2.35. The molecule has 0 aliphatic carbocycles. The van der Waals surface area contributed by atoms with Crippen molar-refractivity contribution < 1.29 is 18.3 Å². The molecular formula is C19H21NO4S2. The van der Waals surface area contributed by atoms with Gasteiger partial charge in [0.25, 0.3) is 0 Å². The van der Waals surface area contributed by atoms with Crippen LogP contribution in [0.4, 0.5) is 0 Å². The van der Waals surface area contributed by atoms with Crippen molar-refractivity contribution in [1.29, 1.82) is 0 Å². The summed E-state index contributed by atoms with van der Waals surface area (Å²) in [4.78, 5) is 11.9. The van der Waals surface area contributed by atoms with E-state index in [1.807, 2.05) is 30.3 Å². The molecule has 1 aliphatic heterocycles. The first-order chi connectivity index (χ1) is 12.3. The molecule has 26 heavy (non-hydrogen) atoms. The first-order valence-electron chi connectivity index (χ1n) is 8.32. The van der Waals surface area contributed by atoms with Gasteiger partial charge in [-0.05, 0) is 42.2 Å². The van der Waals surface area contributed by atoms with Crippen LogP contribution in [0.3, 0.4) is 0 Å². The van der Waals surface area contributed by atoms with Gasteiger partial charge in [0, 0.05) is 23.2 Å². The van der Waals surface area contributed by atoms with Crippen LogP contribution in [0, 0.1) is 0 Å². The fraction of sp³-hybridized carbons (Fsp3) is 0.316. The zero-order valence-electron chi connectivity index (χ0n) is 14.4. The van der Waals surface area contributed by atoms with Crippen molar-refractivity contribution in [3.05, 3.63) is 65.7 Å². The Morgan fingerprint density at radius 2 is 1.81 bits per heavy atom. The molecule has 2 aromatic rings. The van der Waals surface area contributed by atoms with Crippen LogP contribution in [0.15, 0.2) is 59.5 Å². The number of thioether (sulfide) groups is 1. The van der Waals surface area contributed by atoms with Crippen molar-refractivity contribution in [2.24, 2.45) is 0 Å². The van der Waals surface area contributed by atoms with Gasteiger partial charge < -0.3 is 5.11 Å². The highest BCUT2D eigenvalue weighted by molar-refractivity contribution is 7.99. The molecule has 0 spiro atoms. The second kappa shape index (κ2) is 7.82. The number of benzene rings is 2. The molecule has 1 aliphatic rings. The summed E-state index contributed by atoms with van der Waals surface area (Å²) in [6.07, 6.45) is 2.05. The number of rotatable bonds is 6. The normalized spacial score (nSPS) is 21.0. The lowest BCUT2D eigenvalue weighted by molar-refractivity contribution is 0.0697. The van der Waals surface area contributed by atoms with Crippen molar-refractivity contribution in [2.75, 3.05) is 18.6 Å². The molecule has 2 unspecified atom stereocenters. The lowest BCUT2D eigenvalue weighted by Crippen LogP contribution is -2.36. The minimum Gasteiger partial charge on any atom is -0.478 e. The predicted octanol–water partition coefficient (Wildman–Crippen LogP) is 3.29. The van der Waals surface area contributed by atoms with Crippen molar-refractivity contribution in [2.45, 2.75) is 23.3 Å². The molecule has 0 saturated carbocycles. The van der Waals surface area contributed by atoms with E-state index in [0.717, 1.165) is 11.3 Å². The van der Waals surface area contributed by atoms with Crippen LogP contribution in [-0.2, 0) is 10.0 Å². The number of carboxylic acid groups (broad SMARTS) is 1. The minimum absolute atomic E-state index is 0.0700. The lowest BCUT2D eigenvalue weighted by Gasteiger charge is -2.21. The average Bonchev–Trinajstić information content (AvgIpc) is 3.06. The maximum absolute atomic E-state index is 12.2. The summed E-state index contributed by atoms with van der Waals surface area (Å²) in [5.74, 6) is -0.111. The summed E-state index contributed by atoms with van der Waals surface area (Å²) in [5.41, 5.74) is 1.41. The number of carboxylic acids is 1. The van der Waals surface area contributed by atoms with Gasteiger partial charge in [-0.15, -0.1) is 11.8 Å². The third-order valence-corrected chi connectivity index (χ3v) is 7.06. The molecule has 138 valence electrons. The van der Waals surface area contributed by atoms with Crippen LogP contribution < -0.4 is 0 Å². The summed E-state index contributed by atoms with van der Waals surface area (Å²) in [6.45, 7) is 0.506. The molecule has 1 heterocycles. The second-order valence-electron chi connectivity index (χ2n) is 6.47. The molecule has 0 radical (unpaired) electrons. The van der Waals surface area contributed by atoms with Crippen LogP contribution in [0.5, 0.6) is 0 Å². The van der Waals surface area contributed by atoms with Crippen LogP contribution in [0.2, 0.25) is 0 Å². The Bertz CT molecular complexity index is 866. The van der Waals surface area contributed by atoms with E-state index in [9.17, 15) is 13.2 Å². The van der Waals surface area contributed by atoms with E-state index in [0.29, 0.717) is 12.3 Å². The van der Waals surface area contributed by atoms with Crippen molar-refractivity contribution in [1.82, 2.24) is 4.31 Å². The Hall–Kier alpha value is -1.83. The molecule has 5 nitrogen and oxygen atoms in total. The number of nitrogens with zero attached hydrogens (tertiary/aromatic N) is 1. The summed E-state index contributed by atoms with van der Waals surface area (Å²) in [5, 5.41) is 8.96. The van der Waals surface area contributed by atoms with E-state index < -0.39 is 16.0 Å². The monoisotopic (exact) mass is 391 g/mol. The molecule has 2 aromatic carbocycles. The zero-order valence-corrected chi connectivity index (χ0v) is 16.0. The first kappa shape index (κ1) is 18.9. The SMILES string of the molecule is CS(=O)(=O)N1CC(c2ccccc2)CC1CSc1ccc(C(=O)O)cc1. The van der Waals surface area contributed by atoms with E-state index >= 15 is 0 Å². The van der Waals surface area contributed by atoms with Gasteiger partial charge in [-0.1, -0.05) is 30.3 Å². The van der Waals surface area contributed by atoms with E-state index in [1.165, 1.54) is 11.8 Å². The summed E-state index contributed by atoms with van der Waals surface area (Å²) >= 11 is 1.56. The van der Waals surface area contributed by atoms with Crippen molar-refractivity contribution in [3.63, 3.8) is 0 Å². The molecule has 1 fully saturated rings. The average molecular weight is 392 g/mol. The molecule has 0 aromatic heterocycles. The topological polar surface area (TPSA) is 74.7 Å². The van der Waals surface area contributed by atoms with Crippen LogP contribution in [-0.4, -0.2) is 48.4 Å². The largest absolute Gasteiger partial charge is 0.478 e. The smallest absolute Gasteiger partial charge is 0.335 e. The highest BCUT2D eigenvalue weighted by Gasteiger charge is 2.37. The molecule has 1 saturated heterocycles. The van der Waals surface area contributed by atoms with Gasteiger partial charge in [-0.25, -0.2) is 13.2 Å². The van der Waals surface area contributed by atoms with Crippen LogP contribution in [0.25, 0.3) is 0 Å². The molecular weight excluding hydrogens is 370 g/mol. The standard InChI is InChI=1S/C19H21NO4S2/c1-26(23,24)20-12-16(14-5-3-2-4-6-14)11-17(20)13-25-18-9-7-15(8-10-18)19(21)22/h2-10,16-17H,11-13H2,1H3,(H,21,22). The third kappa shape index (κ3) is 4.47. The molecule has 7 heteroatoms. The van der Waals surface area contributed by atoms with E-state index in [-0.39, 0.29) is 17.5 Å². The van der Waals surface area contributed by atoms with E-state index in [4.69, 9.17) is 5.11 Å². The van der Waals surface area contributed by atoms with E-state index in [1.54, 1.807) is 40.3 Å². The van der Waals surface area contributed by atoms with Gasteiger partial charge in [-0.3, -0.25) is 0 Å². The number of hydrogen-bond donors (Lipinski definition) is 1. The molecule has 2 atom stereocenters. The van der Waals surface area contributed by atoms with Gasteiger partial charge >= 0.3 is 5.97 Å². The number of sulfonamides is 1. The molecule has 0 bridgehead atoms. The highest BCUT2D eigenvalue weighted by atomic mass is 32.2. The van der Waals surface area contributed by atoms with Gasteiger partial charge in [0.15, 0.2) is 0 Å². The number of aromatic carboxylic acids is 1. The predicted molar refractivity (Wildman–Crippen MR) is 103 cm³/mol. The van der Waals surface area contributed by atoms with Crippen LogP contribution in [0.1, 0.15) is 28.3 Å². The van der Waals surface area contributed by atoms with Crippen LogP contribution >= 0.6 is 11.8 Å². The van der Waals surface area contributed by atoms with Gasteiger partial charge in [0.05, 0.1) is 11.8 Å². The second-order valence-corrected chi connectivity index (χ2v) is 9.50. The quantitative estimate of drug-likeness (QED) is 0.765. The lowest BCUT2D eigenvalue weighted by atomic mass is 9.97. The fourth-order valence-electron chi connectivity index (χ4n) is 3.30. The van der Waals surface area contributed by atoms with Crippen molar-refractivity contribution in [3.8, 4) is 0 Å². The molecule has 1 N–H and O–H groups in total. The number of hydrogen-bond acceptors (Lipinski definition) is 4. The first-order valence-corrected chi connectivity index (χ1v) is 11.2. The zero-order chi connectivity index (χ0) is 18.7. The number of carbonyl (C=O) groups is 1. The fourth-order valence-corrected chi connectivity index (χ4v) is 5.57. The Morgan fingerprint density at radius 1 is 1.15 bits per heavy atom.